The van der Waals surface area contributed by atoms with Crippen molar-refractivity contribution in [3.8, 4) is 0 Å². The van der Waals surface area contributed by atoms with Gasteiger partial charge in [0.25, 0.3) is 5.91 Å². The number of pyridine rings is 2. The van der Waals surface area contributed by atoms with Crippen molar-refractivity contribution in [3.63, 3.8) is 0 Å². The largest absolute Gasteiger partial charge is 0.334 e. The lowest BCUT2D eigenvalue weighted by atomic mass is 10.2. The van der Waals surface area contributed by atoms with Gasteiger partial charge >= 0.3 is 0 Å². The van der Waals surface area contributed by atoms with Crippen LogP contribution in [0.3, 0.4) is 0 Å². The average Bonchev–Trinajstić information content (AvgIpc) is 3.38. The van der Waals surface area contributed by atoms with Gasteiger partial charge in [-0.3, -0.25) is 14.5 Å². The van der Waals surface area contributed by atoms with Crippen LogP contribution in [0.2, 0.25) is 0 Å². The summed E-state index contributed by atoms with van der Waals surface area (Å²) in [5.41, 5.74) is 4.07. The van der Waals surface area contributed by atoms with Crippen LogP contribution < -0.4 is 0 Å². The first-order valence-electron chi connectivity index (χ1n) is 9.68. The van der Waals surface area contributed by atoms with E-state index in [4.69, 9.17) is 0 Å². The molecule has 0 aliphatic heterocycles. The summed E-state index contributed by atoms with van der Waals surface area (Å²) in [4.78, 5) is 27.9. The van der Waals surface area contributed by atoms with Crippen molar-refractivity contribution in [3.05, 3.63) is 72.2 Å². The second-order valence-electron chi connectivity index (χ2n) is 6.82. The molecular weight excluding hydrogens is 366 g/mol. The molecule has 0 fully saturated rings. The summed E-state index contributed by atoms with van der Waals surface area (Å²) in [6.45, 7) is 6.56. The number of amides is 1. The fourth-order valence-corrected chi connectivity index (χ4v) is 3.26. The predicted molar refractivity (Wildman–Crippen MR) is 109 cm³/mol. The Kier molecular flexibility index (Phi) is 5.33. The number of aromatic nitrogens is 6. The number of nitrogens with zero attached hydrogens (tertiary/aromatic N) is 7. The molecule has 4 aromatic heterocycles. The van der Waals surface area contributed by atoms with Gasteiger partial charge < -0.3 is 9.47 Å². The first-order valence-corrected chi connectivity index (χ1v) is 9.68. The summed E-state index contributed by atoms with van der Waals surface area (Å²) < 4.78 is 3.81. The zero-order chi connectivity index (χ0) is 20.2. The van der Waals surface area contributed by atoms with Gasteiger partial charge in [-0.1, -0.05) is 6.07 Å². The van der Waals surface area contributed by atoms with Crippen LogP contribution in [0.15, 0.2) is 55.5 Å². The first kappa shape index (κ1) is 18.8. The van der Waals surface area contributed by atoms with E-state index in [0.717, 1.165) is 23.3 Å². The molecule has 0 aliphatic carbocycles. The van der Waals surface area contributed by atoms with Crippen molar-refractivity contribution in [2.45, 2.75) is 33.5 Å². The maximum atomic E-state index is 13.0. The highest BCUT2D eigenvalue weighted by Gasteiger charge is 2.17. The van der Waals surface area contributed by atoms with Crippen molar-refractivity contribution < 1.29 is 4.79 Å². The zero-order valence-corrected chi connectivity index (χ0v) is 16.6. The molecule has 0 unspecified atom stereocenters. The number of carbonyl (C=O) groups excluding carboxylic acids is 1. The standard InChI is InChI=1S/C21H23N7O/c1-3-26(13-17-10-25-28(4-2)14-17)21(29)18-8-19-20(23-11-18)27(15-24-19)12-16-6-5-7-22-9-16/h5-11,14-15H,3-4,12-13H2,1-2H3. The summed E-state index contributed by atoms with van der Waals surface area (Å²) in [5, 5.41) is 4.28. The normalized spacial score (nSPS) is 11.1. The molecule has 4 aromatic rings. The molecule has 8 heteroatoms. The lowest BCUT2D eigenvalue weighted by Gasteiger charge is -2.20. The number of carbonyl (C=O) groups is 1. The molecule has 0 spiro atoms. The molecule has 0 atom stereocenters. The van der Waals surface area contributed by atoms with E-state index in [1.807, 2.05) is 53.7 Å². The SMILES string of the molecule is CCN(Cc1cnn(CC)c1)C(=O)c1cnc2c(c1)ncn2Cc1cccnc1. The third kappa shape index (κ3) is 4.01. The van der Waals surface area contributed by atoms with E-state index in [1.54, 1.807) is 29.8 Å². The minimum Gasteiger partial charge on any atom is -0.334 e. The molecule has 0 aliphatic rings. The Morgan fingerprint density at radius 2 is 2.03 bits per heavy atom. The number of imidazole rings is 1. The highest BCUT2D eigenvalue weighted by molar-refractivity contribution is 5.96. The molecule has 8 nitrogen and oxygen atoms in total. The predicted octanol–water partition coefficient (Wildman–Crippen LogP) is 2.75. The number of hydrogen-bond acceptors (Lipinski definition) is 5. The van der Waals surface area contributed by atoms with Crippen LogP contribution in [-0.4, -0.2) is 46.7 Å². The van der Waals surface area contributed by atoms with Gasteiger partial charge in [-0.15, -0.1) is 0 Å². The summed E-state index contributed by atoms with van der Waals surface area (Å²) >= 11 is 0. The maximum absolute atomic E-state index is 13.0. The molecule has 0 saturated carbocycles. The monoisotopic (exact) mass is 389 g/mol. The molecule has 0 radical (unpaired) electrons. The fraction of sp³-hybridized carbons (Fsp3) is 0.286. The van der Waals surface area contributed by atoms with Gasteiger partial charge in [0.1, 0.15) is 5.52 Å². The molecule has 29 heavy (non-hydrogen) atoms. The Balaban J connectivity index is 1.54. The van der Waals surface area contributed by atoms with Gasteiger partial charge in [0.05, 0.1) is 24.6 Å². The van der Waals surface area contributed by atoms with Crippen molar-refractivity contribution in [1.82, 2.24) is 34.2 Å². The van der Waals surface area contributed by atoms with E-state index in [0.29, 0.717) is 30.7 Å². The summed E-state index contributed by atoms with van der Waals surface area (Å²) in [5.74, 6) is -0.0621. The van der Waals surface area contributed by atoms with Gasteiger partial charge in [-0.2, -0.15) is 5.10 Å². The molecule has 0 aromatic carbocycles. The van der Waals surface area contributed by atoms with Gasteiger partial charge in [-0.05, 0) is 31.5 Å². The van der Waals surface area contributed by atoms with Crippen LogP contribution in [0.4, 0.5) is 0 Å². The molecule has 4 heterocycles. The van der Waals surface area contributed by atoms with Crippen LogP contribution >= 0.6 is 0 Å². The van der Waals surface area contributed by atoms with E-state index < -0.39 is 0 Å². The van der Waals surface area contributed by atoms with Crippen molar-refractivity contribution in [2.24, 2.45) is 0 Å². The summed E-state index contributed by atoms with van der Waals surface area (Å²) in [6.07, 6.45) is 10.7. The van der Waals surface area contributed by atoms with Crippen molar-refractivity contribution >= 4 is 17.1 Å². The zero-order valence-electron chi connectivity index (χ0n) is 16.6. The van der Waals surface area contributed by atoms with Crippen LogP contribution in [0.5, 0.6) is 0 Å². The molecule has 1 amide bonds. The maximum Gasteiger partial charge on any atom is 0.255 e. The Labute approximate surface area is 168 Å². The van der Waals surface area contributed by atoms with Crippen molar-refractivity contribution in [1.29, 1.82) is 0 Å². The second-order valence-corrected chi connectivity index (χ2v) is 6.82. The van der Waals surface area contributed by atoms with Crippen LogP contribution in [-0.2, 0) is 19.6 Å². The van der Waals surface area contributed by atoms with Crippen LogP contribution in [0.1, 0.15) is 35.3 Å². The number of fused-ring (bicyclic) bond motifs is 1. The average molecular weight is 389 g/mol. The number of aryl methyl sites for hydroxylation is 1. The number of rotatable bonds is 7. The third-order valence-corrected chi connectivity index (χ3v) is 4.83. The Hall–Kier alpha value is -3.55. The Morgan fingerprint density at radius 1 is 1.14 bits per heavy atom. The summed E-state index contributed by atoms with van der Waals surface area (Å²) in [7, 11) is 0. The van der Waals surface area contributed by atoms with Gasteiger partial charge in [-0.25, -0.2) is 9.97 Å². The quantitative estimate of drug-likeness (QED) is 0.485. The minimum absolute atomic E-state index is 0.0621. The highest BCUT2D eigenvalue weighted by Crippen LogP contribution is 2.16. The lowest BCUT2D eigenvalue weighted by molar-refractivity contribution is 0.0752. The topological polar surface area (TPSA) is 81.7 Å². The Morgan fingerprint density at radius 3 is 2.76 bits per heavy atom. The van der Waals surface area contributed by atoms with E-state index in [2.05, 4.69) is 20.1 Å². The second kappa shape index (κ2) is 8.22. The van der Waals surface area contributed by atoms with Gasteiger partial charge in [0.2, 0.25) is 0 Å². The fourth-order valence-electron chi connectivity index (χ4n) is 3.26. The van der Waals surface area contributed by atoms with E-state index >= 15 is 0 Å². The lowest BCUT2D eigenvalue weighted by Crippen LogP contribution is -2.30. The smallest absolute Gasteiger partial charge is 0.255 e. The van der Waals surface area contributed by atoms with E-state index in [9.17, 15) is 4.79 Å². The first-order chi connectivity index (χ1) is 14.2. The van der Waals surface area contributed by atoms with Gasteiger partial charge in [0, 0.05) is 50.0 Å². The Bertz CT molecular complexity index is 1120. The minimum atomic E-state index is -0.0621. The molecule has 0 bridgehead atoms. The summed E-state index contributed by atoms with van der Waals surface area (Å²) in [6, 6.07) is 5.72. The number of hydrogen-bond donors (Lipinski definition) is 0. The highest BCUT2D eigenvalue weighted by atomic mass is 16.2. The van der Waals surface area contributed by atoms with E-state index in [1.165, 1.54) is 0 Å². The molecular formula is C21H23N7O. The van der Waals surface area contributed by atoms with E-state index in [-0.39, 0.29) is 5.91 Å². The molecule has 148 valence electrons. The molecule has 4 rings (SSSR count). The third-order valence-electron chi connectivity index (χ3n) is 4.83. The van der Waals surface area contributed by atoms with Crippen LogP contribution in [0.25, 0.3) is 11.2 Å². The van der Waals surface area contributed by atoms with Crippen molar-refractivity contribution in [2.75, 3.05) is 6.54 Å². The van der Waals surface area contributed by atoms with Crippen LogP contribution in [0, 0.1) is 0 Å². The van der Waals surface area contributed by atoms with Gasteiger partial charge in [0.15, 0.2) is 5.65 Å². The molecule has 0 saturated heterocycles. The molecule has 0 N–H and O–H groups in total.